The normalized spacial score (nSPS) is 26.7. The van der Waals surface area contributed by atoms with E-state index in [0.717, 1.165) is 18.1 Å². The van der Waals surface area contributed by atoms with Gasteiger partial charge < -0.3 is 23.7 Å². The summed E-state index contributed by atoms with van der Waals surface area (Å²) in [7, 11) is -6.21. The Morgan fingerprint density at radius 3 is 1.97 bits per heavy atom. The summed E-state index contributed by atoms with van der Waals surface area (Å²) in [6.45, 7) is 2.35. The molecule has 1 aromatic carbocycles. The Kier molecular flexibility index (Phi) is 7.23. The first-order chi connectivity index (χ1) is 14.7. The lowest BCUT2D eigenvalue weighted by Crippen LogP contribution is -2.53. The van der Waals surface area contributed by atoms with Crippen LogP contribution in [0.2, 0.25) is 0 Å². The molecule has 0 N–H and O–H groups in total. The first-order valence-corrected chi connectivity index (χ1v) is 13.3. The van der Waals surface area contributed by atoms with E-state index >= 15 is 0 Å². The van der Waals surface area contributed by atoms with Gasteiger partial charge in [-0.2, -0.15) is 16.8 Å². The number of fused-ring (bicyclic) bond motifs is 1. The van der Waals surface area contributed by atoms with Gasteiger partial charge in [-0.05, 0) is 31.5 Å². The smallest absolute Gasteiger partial charge is 0.264 e. The van der Waals surface area contributed by atoms with Gasteiger partial charge in [-0.1, -0.05) is 12.1 Å². The maximum Gasteiger partial charge on any atom is 0.264 e. The molecular weight excluding hydrogens is 468 g/mol. The van der Waals surface area contributed by atoms with Crippen molar-refractivity contribution in [3.8, 4) is 5.75 Å². The van der Waals surface area contributed by atoms with Gasteiger partial charge in [-0.15, -0.1) is 0 Å². The Labute approximate surface area is 188 Å². The number of ether oxygens (including phenoxy) is 5. The molecule has 13 heteroatoms. The third-order valence-corrected chi connectivity index (χ3v) is 5.97. The third-order valence-electron chi connectivity index (χ3n) is 4.88. The van der Waals surface area contributed by atoms with Gasteiger partial charge in [0, 0.05) is 0 Å². The molecule has 32 heavy (non-hydrogen) atoms. The van der Waals surface area contributed by atoms with E-state index < -0.39 is 63.3 Å². The van der Waals surface area contributed by atoms with Crippen molar-refractivity contribution >= 4 is 20.2 Å². The minimum atomic E-state index is -3.88. The van der Waals surface area contributed by atoms with Crippen LogP contribution in [0, 0.1) is 0 Å². The average Bonchev–Trinajstić information content (AvgIpc) is 3.11. The van der Waals surface area contributed by atoms with Crippen LogP contribution in [0.25, 0.3) is 0 Å². The van der Waals surface area contributed by atoms with E-state index in [-0.39, 0.29) is 6.61 Å². The zero-order valence-corrected chi connectivity index (χ0v) is 20.1. The number of hydrogen-bond acceptors (Lipinski definition) is 11. The zero-order valence-electron chi connectivity index (χ0n) is 18.5. The van der Waals surface area contributed by atoms with Gasteiger partial charge in [0.2, 0.25) is 0 Å². The molecule has 2 fully saturated rings. The fraction of sp³-hybridized carbons (Fsp3) is 0.684. The minimum Gasteiger partial charge on any atom is -0.497 e. The lowest BCUT2D eigenvalue weighted by atomic mass is 9.97. The summed E-state index contributed by atoms with van der Waals surface area (Å²) >= 11 is 0. The molecule has 182 valence electrons. The second-order valence-corrected chi connectivity index (χ2v) is 11.5. The van der Waals surface area contributed by atoms with E-state index in [2.05, 4.69) is 0 Å². The maximum atomic E-state index is 11.7. The number of rotatable bonds is 10. The highest BCUT2D eigenvalue weighted by molar-refractivity contribution is 7.86. The van der Waals surface area contributed by atoms with Crippen molar-refractivity contribution < 1.29 is 48.9 Å². The predicted molar refractivity (Wildman–Crippen MR) is 111 cm³/mol. The van der Waals surface area contributed by atoms with Gasteiger partial charge in [0.25, 0.3) is 20.2 Å². The second kappa shape index (κ2) is 9.14. The fourth-order valence-corrected chi connectivity index (χ4v) is 4.32. The van der Waals surface area contributed by atoms with Gasteiger partial charge in [0.1, 0.15) is 36.8 Å². The maximum absolute atomic E-state index is 11.7. The summed E-state index contributed by atoms with van der Waals surface area (Å²) in [5.41, 5.74) is -0.848. The summed E-state index contributed by atoms with van der Waals surface area (Å²) in [5.74, 6) is -0.316. The third kappa shape index (κ3) is 6.38. The van der Waals surface area contributed by atoms with Gasteiger partial charge >= 0.3 is 0 Å². The summed E-state index contributed by atoms with van der Waals surface area (Å²) in [6.07, 6.45) is -0.958. The second-order valence-electron chi connectivity index (χ2n) is 8.16. The Morgan fingerprint density at radius 2 is 1.47 bits per heavy atom. The molecule has 3 atom stereocenters. The molecule has 2 saturated heterocycles. The van der Waals surface area contributed by atoms with Crippen LogP contribution in [-0.4, -0.2) is 79.6 Å². The molecule has 2 heterocycles. The van der Waals surface area contributed by atoms with E-state index in [4.69, 9.17) is 32.1 Å². The largest absolute Gasteiger partial charge is 0.497 e. The molecule has 0 unspecified atom stereocenters. The van der Waals surface area contributed by atoms with Crippen molar-refractivity contribution in [2.45, 2.75) is 50.3 Å². The van der Waals surface area contributed by atoms with E-state index in [1.165, 1.54) is 0 Å². The summed E-state index contributed by atoms with van der Waals surface area (Å²) in [4.78, 5) is 0. The van der Waals surface area contributed by atoms with Crippen molar-refractivity contribution in [3.63, 3.8) is 0 Å². The number of methoxy groups -OCH3 is 1. The van der Waals surface area contributed by atoms with Crippen LogP contribution < -0.4 is 4.74 Å². The number of benzene rings is 1. The molecule has 11 nitrogen and oxygen atoms in total. The monoisotopic (exact) mass is 496 g/mol. The summed E-state index contributed by atoms with van der Waals surface area (Å²) in [6, 6.07) is 7.11. The van der Waals surface area contributed by atoms with Crippen LogP contribution in [0.3, 0.4) is 0 Å². The molecular formula is C19H28O11S2. The van der Waals surface area contributed by atoms with Gasteiger partial charge in [-0.3, -0.25) is 8.37 Å². The molecule has 0 aliphatic carbocycles. The highest BCUT2D eigenvalue weighted by Gasteiger charge is 2.63. The van der Waals surface area contributed by atoms with E-state index in [1.807, 2.05) is 0 Å². The molecule has 2 aliphatic heterocycles. The molecule has 0 saturated carbocycles. The van der Waals surface area contributed by atoms with Gasteiger partial charge in [0.05, 0.1) is 26.2 Å². The highest BCUT2D eigenvalue weighted by atomic mass is 32.2. The van der Waals surface area contributed by atoms with E-state index in [1.54, 1.807) is 45.2 Å². The summed E-state index contributed by atoms with van der Waals surface area (Å²) < 4.78 is 85.5. The highest BCUT2D eigenvalue weighted by Crippen LogP contribution is 2.44. The van der Waals surface area contributed by atoms with E-state index in [0.29, 0.717) is 5.75 Å². The standard InChI is InChI=1S/C19H28O11S2/c1-18(2)28-15-16(25-10-13-6-8-14(24-3)9-7-13)19(30-17(15)29-18,11-26-31(4,20)21)12-27-32(5,22)23/h6-9,15-17H,10-12H2,1-5H3/t15-,16-,17+/m1/s1. The predicted octanol–water partition coefficient (Wildman–Crippen LogP) is 0.779. The van der Waals surface area contributed by atoms with Gasteiger partial charge in [0.15, 0.2) is 12.1 Å². The Morgan fingerprint density at radius 1 is 0.906 bits per heavy atom. The van der Waals surface area contributed by atoms with Crippen LogP contribution in [0.15, 0.2) is 24.3 Å². The molecule has 1 aromatic rings. The summed E-state index contributed by atoms with van der Waals surface area (Å²) in [5, 5.41) is 0. The topological polar surface area (TPSA) is 133 Å². The van der Waals surface area contributed by atoms with Crippen LogP contribution in [-0.2, 0) is 54.2 Å². The molecule has 0 radical (unpaired) electrons. The Balaban J connectivity index is 1.89. The van der Waals surface area contributed by atoms with Crippen molar-refractivity contribution in [1.82, 2.24) is 0 Å². The first kappa shape index (κ1) is 25.3. The molecule has 0 bridgehead atoms. The Bertz CT molecular complexity index is 966. The van der Waals surface area contributed by atoms with Crippen LogP contribution >= 0.6 is 0 Å². The SMILES string of the molecule is COc1ccc(CO[C@@H]2[C@H]3OC(C)(C)O[C@H]3OC2(COS(C)(=O)=O)COS(C)(=O)=O)cc1. The zero-order chi connectivity index (χ0) is 23.8. The molecule has 0 spiro atoms. The van der Waals surface area contributed by atoms with Crippen LogP contribution in [0.1, 0.15) is 19.4 Å². The van der Waals surface area contributed by atoms with Crippen molar-refractivity contribution in [2.75, 3.05) is 32.8 Å². The molecule has 0 aromatic heterocycles. The Hall–Kier alpha value is -1.32. The molecule has 3 rings (SSSR count). The van der Waals surface area contributed by atoms with Crippen LogP contribution in [0.4, 0.5) is 0 Å². The quantitative estimate of drug-likeness (QED) is 0.426. The molecule has 2 aliphatic rings. The minimum absolute atomic E-state index is 0.0878. The lowest BCUT2D eigenvalue weighted by molar-refractivity contribution is -0.254. The van der Waals surface area contributed by atoms with Gasteiger partial charge in [-0.25, -0.2) is 0 Å². The van der Waals surface area contributed by atoms with Crippen molar-refractivity contribution in [3.05, 3.63) is 29.8 Å². The lowest BCUT2D eigenvalue weighted by Gasteiger charge is -2.35. The number of hydrogen-bond donors (Lipinski definition) is 0. The van der Waals surface area contributed by atoms with Crippen molar-refractivity contribution in [2.24, 2.45) is 0 Å². The van der Waals surface area contributed by atoms with Crippen LogP contribution in [0.5, 0.6) is 5.75 Å². The van der Waals surface area contributed by atoms with E-state index in [9.17, 15) is 16.8 Å². The first-order valence-electron chi connectivity index (χ1n) is 9.69. The molecule has 0 amide bonds. The fourth-order valence-electron chi connectivity index (χ4n) is 3.49. The average molecular weight is 497 g/mol. The van der Waals surface area contributed by atoms with Crippen molar-refractivity contribution in [1.29, 1.82) is 0 Å².